The van der Waals surface area contributed by atoms with Crippen LogP contribution in [0.25, 0.3) is 0 Å². The summed E-state index contributed by atoms with van der Waals surface area (Å²) in [5.74, 6) is -0.115. The molecule has 14 heavy (non-hydrogen) atoms. The molecular weight excluding hydrogens is 291 g/mol. The van der Waals surface area contributed by atoms with Crippen LogP contribution in [0.3, 0.4) is 0 Å². The molecule has 1 rings (SSSR count). The lowest BCUT2D eigenvalue weighted by Gasteiger charge is -2.10. The molecule has 0 spiro atoms. The number of nitrogens with two attached hydrogens (primary N) is 1. The smallest absolute Gasteiger partial charge is 0.253 e. The highest BCUT2D eigenvalue weighted by Crippen LogP contribution is 2.15. The van der Waals surface area contributed by atoms with Crippen LogP contribution >= 0.6 is 22.6 Å². The van der Waals surface area contributed by atoms with Gasteiger partial charge in [0.2, 0.25) is 0 Å². The van der Waals surface area contributed by atoms with E-state index >= 15 is 0 Å². The third-order valence-corrected chi connectivity index (χ3v) is 2.35. The second-order valence-electron chi connectivity index (χ2n) is 3.36. The average molecular weight is 304 g/mol. The van der Waals surface area contributed by atoms with Crippen LogP contribution < -0.4 is 11.1 Å². The molecule has 4 heteroatoms. The zero-order valence-electron chi connectivity index (χ0n) is 8.17. The maximum atomic E-state index is 11.6. The highest BCUT2D eigenvalue weighted by Gasteiger charge is 2.10. The Morgan fingerprint density at radius 2 is 2.14 bits per heavy atom. The van der Waals surface area contributed by atoms with Crippen LogP contribution in [-0.2, 0) is 0 Å². The second kappa shape index (κ2) is 4.63. The molecule has 1 aromatic carbocycles. The molecule has 1 amide bonds. The monoisotopic (exact) mass is 304 g/mol. The number of nitrogen functional groups attached to an aromatic ring is 1. The van der Waals surface area contributed by atoms with Gasteiger partial charge in [-0.05, 0) is 54.6 Å². The summed E-state index contributed by atoms with van der Waals surface area (Å²) in [6.45, 7) is 3.84. The van der Waals surface area contributed by atoms with Crippen molar-refractivity contribution in [2.24, 2.45) is 0 Å². The zero-order valence-corrected chi connectivity index (χ0v) is 10.3. The topological polar surface area (TPSA) is 55.1 Å². The Labute approximate surface area is 97.2 Å². The van der Waals surface area contributed by atoms with Gasteiger partial charge < -0.3 is 11.1 Å². The first-order valence-electron chi connectivity index (χ1n) is 4.36. The number of halogens is 1. The molecule has 0 heterocycles. The van der Waals surface area contributed by atoms with Crippen molar-refractivity contribution in [1.29, 1.82) is 0 Å². The molecule has 0 aliphatic carbocycles. The van der Waals surface area contributed by atoms with Gasteiger partial charge in [-0.2, -0.15) is 0 Å². The van der Waals surface area contributed by atoms with E-state index in [0.29, 0.717) is 11.3 Å². The lowest BCUT2D eigenvalue weighted by atomic mass is 10.1. The molecule has 0 saturated carbocycles. The lowest BCUT2D eigenvalue weighted by Crippen LogP contribution is -2.30. The van der Waals surface area contributed by atoms with E-state index in [9.17, 15) is 4.79 Å². The van der Waals surface area contributed by atoms with Gasteiger partial charge in [0, 0.05) is 15.3 Å². The van der Waals surface area contributed by atoms with Crippen molar-refractivity contribution in [1.82, 2.24) is 5.32 Å². The number of benzene rings is 1. The molecule has 0 aliphatic heterocycles. The highest BCUT2D eigenvalue weighted by molar-refractivity contribution is 14.1. The molecule has 0 radical (unpaired) electrons. The quantitative estimate of drug-likeness (QED) is 0.649. The first kappa shape index (κ1) is 11.3. The number of carbonyl (C=O) groups is 1. The van der Waals surface area contributed by atoms with Gasteiger partial charge in [0.1, 0.15) is 0 Å². The van der Waals surface area contributed by atoms with E-state index in [1.165, 1.54) is 0 Å². The predicted octanol–water partition coefficient (Wildman–Crippen LogP) is 2.01. The molecule has 76 valence electrons. The molecule has 0 unspecified atom stereocenters. The van der Waals surface area contributed by atoms with Gasteiger partial charge in [0.15, 0.2) is 0 Å². The van der Waals surface area contributed by atoms with E-state index in [4.69, 9.17) is 5.73 Å². The number of hydrogen-bond donors (Lipinski definition) is 2. The van der Waals surface area contributed by atoms with Gasteiger partial charge in [-0.1, -0.05) is 0 Å². The summed E-state index contributed by atoms with van der Waals surface area (Å²) in [5.41, 5.74) is 6.77. The zero-order chi connectivity index (χ0) is 10.7. The Bertz CT molecular complexity index is 350. The number of amides is 1. The van der Waals surface area contributed by atoms with E-state index in [2.05, 4.69) is 27.9 Å². The molecule has 3 N–H and O–H groups in total. The minimum Gasteiger partial charge on any atom is -0.398 e. The normalized spacial score (nSPS) is 10.3. The van der Waals surface area contributed by atoms with E-state index in [1.807, 2.05) is 19.9 Å². The van der Waals surface area contributed by atoms with Crippen molar-refractivity contribution in [2.45, 2.75) is 19.9 Å². The van der Waals surface area contributed by atoms with Crippen molar-refractivity contribution >= 4 is 34.2 Å². The Morgan fingerprint density at radius 1 is 1.50 bits per heavy atom. The van der Waals surface area contributed by atoms with Gasteiger partial charge in [0.05, 0.1) is 5.56 Å². The van der Waals surface area contributed by atoms with Crippen molar-refractivity contribution < 1.29 is 4.79 Å². The molecule has 1 aromatic rings. The number of anilines is 1. The van der Waals surface area contributed by atoms with Gasteiger partial charge in [-0.15, -0.1) is 0 Å². The first-order valence-corrected chi connectivity index (χ1v) is 5.44. The summed E-state index contributed by atoms with van der Waals surface area (Å²) in [6, 6.07) is 5.53. The van der Waals surface area contributed by atoms with Crippen LogP contribution in [0, 0.1) is 3.57 Å². The third kappa shape index (κ3) is 2.87. The summed E-state index contributed by atoms with van der Waals surface area (Å²) in [5, 5.41) is 2.80. The highest BCUT2D eigenvalue weighted by atomic mass is 127. The summed E-state index contributed by atoms with van der Waals surface area (Å²) in [7, 11) is 0. The van der Waals surface area contributed by atoms with Crippen molar-refractivity contribution in [3.05, 3.63) is 27.3 Å². The maximum absolute atomic E-state index is 11.6. The standard InChI is InChI=1S/C10H13IN2O/c1-6(2)13-10(14)8-5-7(11)3-4-9(8)12/h3-6H,12H2,1-2H3,(H,13,14). The van der Waals surface area contributed by atoms with Crippen LogP contribution in [0.5, 0.6) is 0 Å². The molecule has 0 bridgehead atoms. The van der Waals surface area contributed by atoms with Crippen LogP contribution in [0.2, 0.25) is 0 Å². The van der Waals surface area contributed by atoms with Gasteiger partial charge in [-0.3, -0.25) is 4.79 Å². The van der Waals surface area contributed by atoms with Gasteiger partial charge in [0.25, 0.3) is 5.91 Å². The molecular formula is C10H13IN2O. The fourth-order valence-electron chi connectivity index (χ4n) is 1.07. The van der Waals surface area contributed by atoms with Gasteiger partial charge in [-0.25, -0.2) is 0 Å². The predicted molar refractivity (Wildman–Crippen MR) is 66.2 cm³/mol. The van der Waals surface area contributed by atoms with E-state index in [0.717, 1.165) is 3.57 Å². The Morgan fingerprint density at radius 3 is 2.71 bits per heavy atom. The Hall–Kier alpha value is -0.780. The van der Waals surface area contributed by atoms with Crippen LogP contribution in [0.15, 0.2) is 18.2 Å². The molecule has 0 atom stereocenters. The third-order valence-electron chi connectivity index (χ3n) is 1.68. The summed E-state index contributed by atoms with van der Waals surface area (Å²) in [6.07, 6.45) is 0. The number of nitrogens with one attached hydrogen (secondary N) is 1. The number of rotatable bonds is 2. The minimum absolute atomic E-state index is 0.115. The second-order valence-corrected chi connectivity index (χ2v) is 4.61. The summed E-state index contributed by atoms with van der Waals surface area (Å²) < 4.78 is 1.01. The van der Waals surface area contributed by atoms with Crippen LogP contribution in [0.1, 0.15) is 24.2 Å². The van der Waals surface area contributed by atoms with Gasteiger partial charge >= 0.3 is 0 Å². The largest absolute Gasteiger partial charge is 0.398 e. The lowest BCUT2D eigenvalue weighted by molar-refractivity contribution is 0.0944. The molecule has 0 aromatic heterocycles. The molecule has 0 fully saturated rings. The Kier molecular flexibility index (Phi) is 3.74. The number of hydrogen-bond acceptors (Lipinski definition) is 2. The fraction of sp³-hybridized carbons (Fsp3) is 0.300. The first-order chi connectivity index (χ1) is 6.50. The number of carbonyl (C=O) groups excluding carboxylic acids is 1. The van der Waals surface area contributed by atoms with E-state index in [-0.39, 0.29) is 11.9 Å². The fourth-order valence-corrected chi connectivity index (χ4v) is 1.56. The van der Waals surface area contributed by atoms with Crippen LogP contribution in [-0.4, -0.2) is 11.9 Å². The molecule has 0 saturated heterocycles. The molecule has 0 aliphatic rings. The Balaban J connectivity index is 2.94. The van der Waals surface area contributed by atoms with Crippen LogP contribution in [0.4, 0.5) is 5.69 Å². The summed E-state index contributed by atoms with van der Waals surface area (Å²) >= 11 is 2.15. The van der Waals surface area contributed by atoms with Crippen molar-refractivity contribution in [3.63, 3.8) is 0 Å². The summed E-state index contributed by atoms with van der Waals surface area (Å²) in [4.78, 5) is 11.6. The maximum Gasteiger partial charge on any atom is 0.253 e. The minimum atomic E-state index is -0.115. The average Bonchev–Trinajstić information content (AvgIpc) is 2.08. The van der Waals surface area contributed by atoms with E-state index in [1.54, 1.807) is 12.1 Å². The van der Waals surface area contributed by atoms with Crippen molar-refractivity contribution in [2.75, 3.05) is 5.73 Å². The van der Waals surface area contributed by atoms with Crippen molar-refractivity contribution in [3.8, 4) is 0 Å². The van der Waals surface area contributed by atoms with E-state index < -0.39 is 0 Å². The SMILES string of the molecule is CC(C)NC(=O)c1cc(I)ccc1N. The molecule has 3 nitrogen and oxygen atoms in total.